The first-order chi connectivity index (χ1) is 11.9. The van der Waals surface area contributed by atoms with Crippen molar-refractivity contribution in [2.24, 2.45) is 5.73 Å². The Morgan fingerprint density at radius 1 is 1.24 bits per heavy atom. The van der Waals surface area contributed by atoms with E-state index >= 15 is 0 Å². The van der Waals surface area contributed by atoms with Gasteiger partial charge in [-0.3, -0.25) is 10.1 Å². The highest BCUT2D eigenvalue weighted by Gasteiger charge is 2.25. The molecule has 0 saturated carbocycles. The zero-order valence-corrected chi connectivity index (χ0v) is 16.6. The van der Waals surface area contributed by atoms with Crippen molar-refractivity contribution in [2.75, 3.05) is 17.2 Å². The molecule has 3 amide bonds. The number of carbonyl (C=O) groups is 2. The Morgan fingerprint density at radius 3 is 2.56 bits per heavy atom. The van der Waals surface area contributed by atoms with Crippen LogP contribution in [0.5, 0.6) is 0 Å². The van der Waals surface area contributed by atoms with Crippen molar-refractivity contribution in [1.82, 2.24) is 0 Å². The maximum Gasteiger partial charge on any atom is 0.324 e. The van der Waals surface area contributed by atoms with E-state index in [1.54, 1.807) is 0 Å². The number of carbonyl (C=O) groups excluding carboxylic acids is 2. The molecule has 0 radical (unpaired) electrons. The quantitative estimate of drug-likeness (QED) is 0.598. The maximum atomic E-state index is 13.3. The van der Waals surface area contributed by atoms with Gasteiger partial charge in [0.25, 0.3) is 5.91 Å². The summed E-state index contributed by atoms with van der Waals surface area (Å²) in [5, 5.41) is 5.63. The molecule has 3 rings (SSSR count). The number of urea groups is 1. The lowest BCUT2D eigenvalue weighted by molar-refractivity contribution is 0.0991. The van der Waals surface area contributed by atoms with Gasteiger partial charge in [0.1, 0.15) is 10.8 Å². The summed E-state index contributed by atoms with van der Waals surface area (Å²) < 4.78 is 19.4. The zero-order chi connectivity index (χ0) is 18.1. The van der Waals surface area contributed by atoms with E-state index in [0.29, 0.717) is 44.8 Å². The van der Waals surface area contributed by atoms with Crippen LogP contribution < -0.4 is 16.4 Å². The molecule has 132 valence electrons. The summed E-state index contributed by atoms with van der Waals surface area (Å²) in [6.45, 7) is 0.893. The number of halogens is 3. The summed E-state index contributed by atoms with van der Waals surface area (Å²) in [6.07, 6.45) is 0.572. The van der Waals surface area contributed by atoms with Gasteiger partial charge in [-0.1, -0.05) is 0 Å². The lowest BCUT2D eigenvalue weighted by atomic mass is 10.1. The summed E-state index contributed by atoms with van der Waals surface area (Å²) in [5.74, 6) is -1.05. The second-order valence-electron chi connectivity index (χ2n) is 5.20. The Balaban J connectivity index is 1.85. The van der Waals surface area contributed by atoms with Crippen molar-refractivity contribution >= 4 is 65.8 Å². The predicted molar refractivity (Wildman–Crippen MR) is 101 cm³/mol. The molecule has 0 aliphatic carbocycles. The summed E-state index contributed by atoms with van der Waals surface area (Å²) in [6, 6.07) is 1.89. The van der Waals surface area contributed by atoms with Gasteiger partial charge in [-0.05, 0) is 56.0 Å². The van der Waals surface area contributed by atoms with Gasteiger partial charge >= 0.3 is 6.03 Å². The third-order valence-electron chi connectivity index (χ3n) is 3.54. The molecule has 0 fully saturated rings. The van der Waals surface area contributed by atoms with Crippen LogP contribution in [0, 0.1) is 5.82 Å². The monoisotopic (exact) mass is 491 g/mol. The minimum absolute atomic E-state index is 0.315. The Morgan fingerprint density at radius 2 is 1.92 bits per heavy atom. The highest BCUT2D eigenvalue weighted by Crippen LogP contribution is 2.37. The molecule has 1 aromatic carbocycles. The molecule has 6 nitrogen and oxygen atoms in total. The number of benzene rings is 1. The van der Waals surface area contributed by atoms with E-state index in [0.717, 1.165) is 10.4 Å². The molecule has 0 saturated heterocycles. The topological polar surface area (TPSA) is 93.5 Å². The highest BCUT2D eigenvalue weighted by atomic mass is 79.9. The third-order valence-corrected chi connectivity index (χ3v) is 5.91. The minimum Gasteiger partial charge on any atom is -0.376 e. The van der Waals surface area contributed by atoms with E-state index in [1.807, 2.05) is 0 Å². The molecule has 2 heterocycles. The van der Waals surface area contributed by atoms with Crippen molar-refractivity contribution in [3.8, 4) is 0 Å². The van der Waals surface area contributed by atoms with E-state index in [9.17, 15) is 14.0 Å². The van der Waals surface area contributed by atoms with Crippen molar-refractivity contribution in [3.63, 3.8) is 0 Å². The highest BCUT2D eigenvalue weighted by molar-refractivity contribution is 9.11. The average molecular weight is 493 g/mol. The first-order valence-electron chi connectivity index (χ1n) is 7.11. The third kappa shape index (κ3) is 3.86. The van der Waals surface area contributed by atoms with Gasteiger partial charge in [-0.2, -0.15) is 0 Å². The second kappa shape index (κ2) is 7.40. The normalized spacial score (nSPS) is 13.2. The Labute approximate surface area is 163 Å². The summed E-state index contributed by atoms with van der Waals surface area (Å²) in [7, 11) is 0. The van der Waals surface area contributed by atoms with Gasteiger partial charge in [0.2, 0.25) is 0 Å². The van der Waals surface area contributed by atoms with Crippen molar-refractivity contribution in [1.29, 1.82) is 0 Å². The van der Waals surface area contributed by atoms with E-state index < -0.39 is 17.8 Å². The molecule has 4 N–H and O–H groups in total. The standard InChI is InChI=1S/C15H12Br2FN3O3S/c16-8-3-6(18)4-9(17)12(8)20-15(23)21-14-11(13(19)22)7-1-2-24-5-10(7)25-14/h3-4H,1-2,5H2,(H2,19,22)(H2,20,21,23). The molecule has 0 unspecified atom stereocenters. The van der Waals surface area contributed by atoms with Gasteiger partial charge in [-0.25, -0.2) is 9.18 Å². The summed E-state index contributed by atoms with van der Waals surface area (Å²) in [5.41, 5.74) is 6.98. The van der Waals surface area contributed by atoms with Crippen molar-refractivity contribution < 1.29 is 18.7 Å². The van der Waals surface area contributed by atoms with Gasteiger partial charge in [-0.15, -0.1) is 11.3 Å². The SMILES string of the molecule is NC(=O)c1c(NC(=O)Nc2c(Br)cc(F)cc2Br)sc2c1CCOC2. The molecule has 25 heavy (non-hydrogen) atoms. The molecule has 0 atom stereocenters. The smallest absolute Gasteiger partial charge is 0.324 e. The molecule has 0 bridgehead atoms. The molecule has 1 aliphatic heterocycles. The van der Waals surface area contributed by atoms with Crippen molar-refractivity contribution in [2.45, 2.75) is 13.0 Å². The van der Waals surface area contributed by atoms with Crippen LogP contribution in [0.1, 0.15) is 20.8 Å². The fraction of sp³-hybridized carbons (Fsp3) is 0.200. The van der Waals surface area contributed by atoms with E-state index in [2.05, 4.69) is 42.5 Å². The van der Waals surface area contributed by atoms with Crippen LogP contribution >= 0.6 is 43.2 Å². The number of hydrogen-bond donors (Lipinski definition) is 3. The summed E-state index contributed by atoms with van der Waals surface area (Å²) in [4.78, 5) is 25.0. The van der Waals surface area contributed by atoms with Crippen LogP contribution in [-0.2, 0) is 17.8 Å². The number of hydrogen-bond acceptors (Lipinski definition) is 4. The number of fused-ring (bicyclic) bond motifs is 1. The lowest BCUT2D eigenvalue weighted by Crippen LogP contribution is -2.22. The lowest BCUT2D eigenvalue weighted by Gasteiger charge is -2.12. The summed E-state index contributed by atoms with van der Waals surface area (Å²) >= 11 is 7.65. The number of ether oxygens (including phenoxy) is 1. The molecule has 10 heteroatoms. The molecule has 1 aliphatic rings. The zero-order valence-electron chi connectivity index (χ0n) is 12.6. The fourth-order valence-electron chi connectivity index (χ4n) is 2.49. The van der Waals surface area contributed by atoms with Crippen LogP contribution in [0.25, 0.3) is 0 Å². The number of anilines is 2. The Bertz CT molecular complexity index is 849. The number of thiophene rings is 1. The number of nitrogens with one attached hydrogen (secondary N) is 2. The van der Waals surface area contributed by atoms with Crippen LogP contribution in [-0.4, -0.2) is 18.5 Å². The van der Waals surface area contributed by atoms with Crippen LogP contribution in [0.15, 0.2) is 21.1 Å². The maximum absolute atomic E-state index is 13.3. The van der Waals surface area contributed by atoms with Crippen LogP contribution in [0.4, 0.5) is 19.9 Å². The Kier molecular flexibility index (Phi) is 5.42. The van der Waals surface area contributed by atoms with E-state index in [4.69, 9.17) is 10.5 Å². The molecule has 2 aromatic rings. The number of rotatable bonds is 3. The Hall–Kier alpha value is -1.49. The number of primary amides is 1. The van der Waals surface area contributed by atoms with E-state index in [-0.39, 0.29) is 0 Å². The van der Waals surface area contributed by atoms with Crippen LogP contribution in [0.2, 0.25) is 0 Å². The minimum atomic E-state index is -0.598. The number of nitrogens with two attached hydrogens (primary N) is 1. The fourth-order valence-corrected chi connectivity index (χ4v) is 5.00. The van der Waals surface area contributed by atoms with Crippen molar-refractivity contribution in [3.05, 3.63) is 42.9 Å². The first-order valence-corrected chi connectivity index (χ1v) is 9.51. The molecular weight excluding hydrogens is 481 g/mol. The van der Waals surface area contributed by atoms with Crippen LogP contribution in [0.3, 0.4) is 0 Å². The van der Waals surface area contributed by atoms with Gasteiger partial charge in [0.05, 0.1) is 24.5 Å². The molecule has 1 aromatic heterocycles. The first kappa shape index (κ1) is 18.3. The largest absolute Gasteiger partial charge is 0.376 e. The second-order valence-corrected chi connectivity index (χ2v) is 8.01. The predicted octanol–water partition coefficient (Wildman–Crippen LogP) is 4.23. The number of amides is 3. The van der Waals surface area contributed by atoms with Gasteiger partial charge in [0.15, 0.2) is 0 Å². The molecule has 0 spiro atoms. The average Bonchev–Trinajstić information content (AvgIpc) is 2.88. The van der Waals surface area contributed by atoms with E-state index in [1.165, 1.54) is 23.5 Å². The van der Waals surface area contributed by atoms with Gasteiger partial charge < -0.3 is 15.8 Å². The molecular formula is C15H12Br2FN3O3S. The van der Waals surface area contributed by atoms with Gasteiger partial charge in [0, 0.05) is 13.8 Å².